The summed E-state index contributed by atoms with van der Waals surface area (Å²) in [5.74, 6) is 0. The average molecular weight is 225 g/mol. The van der Waals surface area contributed by atoms with E-state index < -0.39 is 18.9 Å². The highest BCUT2D eigenvalue weighted by molar-refractivity contribution is 4.88. The van der Waals surface area contributed by atoms with Crippen LogP contribution in [0.5, 0.6) is 0 Å². The van der Waals surface area contributed by atoms with Gasteiger partial charge in [0.25, 0.3) is 0 Å². The molecule has 5 heteroatoms. The summed E-state index contributed by atoms with van der Waals surface area (Å²) in [6, 6.07) is -0.264. The van der Waals surface area contributed by atoms with E-state index in [0.29, 0.717) is 6.42 Å². The minimum atomic E-state index is -4.26. The van der Waals surface area contributed by atoms with Crippen molar-refractivity contribution in [2.75, 3.05) is 6.61 Å². The summed E-state index contributed by atoms with van der Waals surface area (Å²) < 4.78 is 40.7. The van der Waals surface area contributed by atoms with Crippen molar-refractivity contribution in [1.82, 2.24) is 0 Å². The van der Waals surface area contributed by atoms with Gasteiger partial charge in [-0.1, -0.05) is 13.8 Å². The molecule has 0 spiro atoms. The highest BCUT2D eigenvalue weighted by Crippen LogP contribution is 2.36. The maximum absolute atomic E-state index is 12.0. The minimum absolute atomic E-state index is 0.0339. The van der Waals surface area contributed by atoms with Gasteiger partial charge in [-0.3, -0.25) is 0 Å². The smallest absolute Gasteiger partial charge is 0.367 e. The van der Waals surface area contributed by atoms with Crippen LogP contribution in [0.1, 0.15) is 33.1 Å². The van der Waals surface area contributed by atoms with E-state index in [1.807, 2.05) is 13.8 Å². The predicted molar refractivity (Wildman–Crippen MR) is 51.4 cm³/mol. The molecule has 1 aliphatic rings. The third kappa shape index (κ3) is 4.38. The van der Waals surface area contributed by atoms with Crippen molar-refractivity contribution in [1.29, 1.82) is 0 Å². The summed E-state index contributed by atoms with van der Waals surface area (Å²) in [5.41, 5.74) is 5.77. The zero-order valence-corrected chi connectivity index (χ0v) is 9.10. The van der Waals surface area contributed by atoms with E-state index in [-0.39, 0.29) is 11.5 Å². The molecule has 1 aliphatic carbocycles. The van der Waals surface area contributed by atoms with Crippen molar-refractivity contribution in [2.24, 2.45) is 11.1 Å². The van der Waals surface area contributed by atoms with Gasteiger partial charge in [0.15, 0.2) is 0 Å². The number of nitrogens with two attached hydrogens (primary N) is 1. The molecule has 0 aromatic carbocycles. The van der Waals surface area contributed by atoms with Crippen LogP contribution in [0, 0.1) is 5.41 Å². The first-order chi connectivity index (χ1) is 6.70. The van der Waals surface area contributed by atoms with E-state index in [0.717, 1.165) is 12.8 Å². The van der Waals surface area contributed by atoms with E-state index in [2.05, 4.69) is 0 Å². The molecule has 1 saturated carbocycles. The SMILES string of the molecule is CC1(C)CCC(N)C(OCC(F)(F)F)C1. The first kappa shape index (κ1) is 12.8. The van der Waals surface area contributed by atoms with Gasteiger partial charge in [0.05, 0.1) is 6.10 Å². The molecule has 15 heavy (non-hydrogen) atoms. The van der Waals surface area contributed by atoms with E-state index in [4.69, 9.17) is 10.5 Å². The lowest BCUT2D eigenvalue weighted by molar-refractivity contribution is -0.192. The number of rotatable bonds is 2. The minimum Gasteiger partial charge on any atom is -0.367 e. The molecule has 0 aromatic rings. The third-order valence-corrected chi connectivity index (χ3v) is 2.85. The van der Waals surface area contributed by atoms with Gasteiger partial charge in [-0.05, 0) is 24.7 Å². The Balaban J connectivity index is 2.45. The topological polar surface area (TPSA) is 35.2 Å². The second-order valence-corrected chi connectivity index (χ2v) is 5.04. The second kappa shape index (κ2) is 4.29. The largest absolute Gasteiger partial charge is 0.411 e. The highest BCUT2D eigenvalue weighted by atomic mass is 19.4. The number of ether oxygens (including phenoxy) is 1. The molecule has 0 radical (unpaired) electrons. The number of hydrogen-bond acceptors (Lipinski definition) is 2. The van der Waals surface area contributed by atoms with Crippen molar-refractivity contribution >= 4 is 0 Å². The van der Waals surface area contributed by atoms with Crippen molar-refractivity contribution in [3.05, 3.63) is 0 Å². The van der Waals surface area contributed by atoms with Crippen LogP contribution in [0.25, 0.3) is 0 Å². The van der Waals surface area contributed by atoms with Gasteiger partial charge in [-0.2, -0.15) is 13.2 Å². The van der Waals surface area contributed by atoms with Crippen LogP contribution < -0.4 is 5.73 Å². The molecule has 0 aliphatic heterocycles. The Kier molecular flexibility index (Phi) is 3.66. The molecule has 0 bridgehead atoms. The Morgan fingerprint density at radius 3 is 2.53 bits per heavy atom. The van der Waals surface area contributed by atoms with Crippen LogP contribution >= 0.6 is 0 Å². The van der Waals surface area contributed by atoms with Crippen LogP contribution in [0.15, 0.2) is 0 Å². The van der Waals surface area contributed by atoms with Gasteiger partial charge in [0.2, 0.25) is 0 Å². The monoisotopic (exact) mass is 225 g/mol. The normalized spacial score (nSPS) is 31.6. The Labute approximate surface area is 88.0 Å². The fourth-order valence-electron chi connectivity index (χ4n) is 1.93. The van der Waals surface area contributed by atoms with Gasteiger partial charge in [-0.25, -0.2) is 0 Å². The van der Waals surface area contributed by atoms with Gasteiger partial charge < -0.3 is 10.5 Å². The fourth-order valence-corrected chi connectivity index (χ4v) is 1.93. The summed E-state index contributed by atoms with van der Waals surface area (Å²) in [4.78, 5) is 0. The van der Waals surface area contributed by atoms with Gasteiger partial charge in [0.1, 0.15) is 6.61 Å². The molecular weight excluding hydrogens is 207 g/mol. The lowest BCUT2D eigenvalue weighted by atomic mass is 9.74. The van der Waals surface area contributed by atoms with Gasteiger partial charge >= 0.3 is 6.18 Å². The summed E-state index contributed by atoms with van der Waals surface area (Å²) >= 11 is 0. The first-order valence-corrected chi connectivity index (χ1v) is 5.14. The van der Waals surface area contributed by atoms with Crippen LogP contribution in [0.3, 0.4) is 0 Å². The van der Waals surface area contributed by atoms with Crippen molar-refractivity contribution in [3.63, 3.8) is 0 Å². The zero-order valence-electron chi connectivity index (χ0n) is 9.10. The Hall–Kier alpha value is -0.290. The lowest BCUT2D eigenvalue weighted by Crippen LogP contribution is -2.45. The average Bonchev–Trinajstić information content (AvgIpc) is 2.05. The van der Waals surface area contributed by atoms with Gasteiger partial charge in [-0.15, -0.1) is 0 Å². The van der Waals surface area contributed by atoms with Crippen LogP contribution in [0.2, 0.25) is 0 Å². The molecule has 90 valence electrons. The summed E-state index contributed by atoms with van der Waals surface area (Å²) in [6.07, 6.45) is -2.45. The molecule has 0 saturated heterocycles. The summed E-state index contributed by atoms with van der Waals surface area (Å²) in [5, 5.41) is 0. The quantitative estimate of drug-likeness (QED) is 0.783. The molecule has 0 amide bonds. The number of halogens is 3. The van der Waals surface area contributed by atoms with Crippen molar-refractivity contribution in [3.8, 4) is 0 Å². The molecule has 0 aromatic heterocycles. The zero-order chi connectivity index (χ0) is 11.7. The van der Waals surface area contributed by atoms with E-state index >= 15 is 0 Å². The van der Waals surface area contributed by atoms with Crippen molar-refractivity contribution < 1.29 is 17.9 Å². The Morgan fingerprint density at radius 1 is 1.40 bits per heavy atom. The van der Waals surface area contributed by atoms with E-state index in [1.54, 1.807) is 0 Å². The van der Waals surface area contributed by atoms with Gasteiger partial charge in [0, 0.05) is 6.04 Å². The van der Waals surface area contributed by atoms with Crippen LogP contribution in [0.4, 0.5) is 13.2 Å². The fraction of sp³-hybridized carbons (Fsp3) is 1.00. The second-order valence-electron chi connectivity index (χ2n) is 5.04. The molecule has 2 unspecified atom stereocenters. The lowest BCUT2D eigenvalue weighted by Gasteiger charge is -2.39. The molecular formula is C10H18F3NO. The molecule has 2 atom stereocenters. The maximum Gasteiger partial charge on any atom is 0.411 e. The Morgan fingerprint density at radius 2 is 2.00 bits per heavy atom. The summed E-state index contributed by atoms with van der Waals surface area (Å²) in [6.45, 7) is 2.87. The van der Waals surface area contributed by atoms with E-state index in [1.165, 1.54) is 0 Å². The number of hydrogen-bond donors (Lipinski definition) is 1. The first-order valence-electron chi connectivity index (χ1n) is 5.14. The Bertz CT molecular complexity index is 215. The standard InChI is InChI=1S/C10H18F3NO/c1-9(2)4-3-7(14)8(5-9)15-6-10(11,12)13/h7-8H,3-6,14H2,1-2H3. The maximum atomic E-state index is 12.0. The van der Waals surface area contributed by atoms with E-state index in [9.17, 15) is 13.2 Å². The summed E-state index contributed by atoms with van der Waals surface area (Å²) in [7, 11) is 0. The van der Waals surface area contributed by atoms with Crippen LogP contribution in [-0.2, 0) is 4.74 Å². The van der Waals surface area contributed by atoms with Crippen LogP contribution in [-0.4, -0.2) is 24.9 Å². The highest BCUT2D eigenvalue weighted by Gasteiger charge is 2.36. The molecule has 0 heterocycles. The molecule has 2 nitrogen and oxygen atoms in total. The third-order valence-electron chi connectivity index (χ3n) is 2.85. The van der Waals surface area contributed by atoms with Crippen molar-refractivity contribution in [2.45, 2.75) is 51.4 Å². The number of alkyl halides is 3. The predicted octanol–water partition coefficient (Wildman–Crippen LogP) is 2.47. The molecule has 1 fully saturated rings. The molecule has 2 N–H and O–H groups in total. The molecule has 1 rings (SSSR count).